The second-order valence-electron chi connectivity index (χ2n) is 6.75. The first kappa shape index (κ1) is 18.7. The van der Waals surface area contributed by atoms with Gasteiger partial charge in [-0.05, 0) is 36.1 Å². The van der Waals surface area contributed by atoms with Crippen molar-refractivity contribution in [2.75, 3.05) is 11.9 Å². The van der Waals surface area contributed by atoms with Crippen molar-refractivity contribution >= 4 is 34.2 Å². The van der Waals surface area contributed by atoms with Crippen molar-refractivity contribution in [1.82, 2.24) is 4.90 Å². The number of nitrogens with zero attached hydrogens (tertiary/aromatic N) is 1. The third-order valence-corrected chi connectivity index (χ3v) is 4.85. The highest BCUT2D eigenvalue weighted by Crippen LogP contribution is 2.30. The van der Waals surface area contributed by atoms with Gasteiger partial charge in [-0.25, -0.2) is 8.78 Å². The van der Waals surface area contributed by atoms with Crippen LogP contribution < -0.4 is 5.32 Å². The summed E-state index contributed by atoms with van der Waals surface area (Å²) in [6.07, 6.45) is 0.185. The smallest absolute Gasteiger partial charge is 0.261 e. The normalized spacial score (nSPS) is 13.1. The van der Waals surface area contributed by atoms with Crippen molar-refractivity contribution < 1.29 is 23.2 Å². The van der Waals surface area contributed by atoms with E-state index >= 15 is 0 Å². The molecule has 3 amide bonds. The summed E-state index contributed by atoms with van der Waals surface area (Å²) in [7, 11) is 0. The molecule has 0 saturated carbocycles. The summed E-state index contributed by atoms with van der Waals surface area (Å²) in [4.78, 5) is 38.7. The first-order valence-electron chi connectivity index (χ1n) is 9.08. The molecule has 29 heavy (non-hydrogen) atoms. The van der Waals surface area contributed by atoms with Crippen LogP contribution in [0, 0.1) is 11.6 Å². The molecule has 4 rings (SSSR count). The number of halogens is 2. The topological polar surface area (TPSA) is 66.5 Å². The number of nitrogens with one attached hydrogen (secondary N) is 1. The molecule has 0 unspecified atom stereocenters. The van der Waals surface area contributed by atoms with Gasteiger partial charge in [0.25, 0.3) is 11.8 Å². The summed E-state index contributed by atoms with van der Waals surface area (Å²) in [6.45, 7) is 0.0573. The first-order valence-corrected chi connectivity index (χ1v) is 9.08. The fourth-order valence-corrected chi connectivity index (χ4v) is 3.48. The Morgan fingerprint density at radius 2 is 1.59 bits per heavy atom. The van der Waals surface area contributed by atoms with E-state index in [9.17, 15) is 23.2 Å². The van der Waals surface area contributed by atoms with E-state index in [1.807, 2.05) is 12.1 Å². The van der Waals surface area contributed by atoms with Crippen LogP contribution in [0.4, 0.5) is 14.5 Å². The van der Waals surface area contributed by atoms with Gasteiger partial charge in [-0.3, -0.25) is 19.3 Å². The monoisotopic (exact) mass is 394 g/mol. The van der Waals surface area contributed by atoms with E-state index in [2.05, 4.69) is 5.32 Å². The zero-order valence-corrected chi connectivity index (χ0v) is 15.2. The number of hydrogen-bond donors (Lipinski definition) is 1. The SMILES string of the molecule is O=C(CCCN1C(=O)c2cccc3cccc(c23)C1=O)Nc1ccc(F)cc1F. The Hall–Kier alpha value is -3.61. The molecule has 0 fully saturated rings. The number of carbonyl (C=O) groups is 3. The Morgan fingerprint density at radius 3 is 2.21 bits per heavy atom. The minimum absolute atomic E-state index is 0.0281. The average molecular weight is 394 g/mol. The minimum atomic E-state index is -0.871. The largest absolute Gasteiger partial charge is 0.324 e. The molecule has 1 aliphatic heterocycles. The van der Waals surface area contributed by atoms with Crippen LogP contribution in [0.2, 0.25) is 0 Å². The lowest BCUT2D eigenvalue weighted by molar-refractivity contribution is -0.116. The molecule has 3 aromatic rings. The lowest BCUT2D eigenvalue weighted by atomic mass is 9.94. The summed E-state index contributed by atoms with van der Waals surface area (Å²) < 4.78 is 26.6. The van der Waals surface area contributed by atoms with E-state index in [0.29, 0.717) is 22.6 Å². The molecule has 5 nitrogen and oxygen atoms in total. The lowest BCUT2D eigenvalue weighted by Crippen LogP contribution is -2.41. The Bertz CT molecular complexity index is 1110. The van der Waals surface area contributed by atoms with Crippen molar-refractivity contribution in [3.63, 3.8) is 0 Å². The molecule has 0 aromatic heterocycles. The zero-order valence-electron chi connectivity index (χ0n) is 15.2. The highest BCUT2D eigenvalue weighted by atomic mass is 19.1. The van der Waals surface area contributed by atoms with Gasteiger partial charge in [-0.1, -0.05) is 24.3 Å². The van der Waals surface area contributed by atoms with Crippen molar-refractivity contribution in [3.8, 4) is 0 Å². The molecule has 0 aliphatic carbocycles. The molecule has 3 aromatic carbocycles. The van der Waals surface area contributed by atoms with Crippen molar-refractivity contribution in [2.24, 2.45) is 0 Å². The highest BCUT2D eigenvalue weighted by molar-refractivity contribution is 6.25. The van der Waals surface area contributed by atoms with Crippen molar-refractivity contribution in [3.05, 3.63) is 77.4 Å². The van der Waals surface area contributed by atoms with Crippen LogP contribution in [0.5, 0.6) is 0 Å². The number of anilines is 1. The number of amides is 3. The van der Waals surface area contributed by atoms with Gasteiger partial charge in [0.15, 0.2) is 0 Å². The van der Waals surface area contributed by atoms with Crippen LogP contribution in [-0.2, 0) is 4.79 Å². The van der Waals surface area contributed by atoms with E-state index in [0.717, 1.165) is 22.4 Å². The fourth-order valence-electron chi connectivity index (χ4n) is 3.48. The quantitative estimate of drug-likeness (QED) is 0.662. The van der Waals surface area contributed by atoms with Crippen LogP contribution >= 0.6 is 0 Å². The van der Waals surface area contributed by atoms with E-state index < -0.39 is 29.4 Å². The van der Waals surface area contributed by atoms with Crippen LogP contribution in [0.15, 0.2) is 54.6 Å². The zero-order chi connectivity index (χ0) is 20.5. The van der Waals surface area contributed by atoms with Gasteiger partial charge in [-0.2, -0.15) is 0 Å². The Morgan fingerprint density at radius 1 is 0.931 bits per heavy atom. The molecule has 0 spiro atoms. The van der Waals surface area contributed by atoms with Gasteiger partial charge in [0.2, 0.25) is 5.91 Å². The molecular weight excluding hydrogens is 378 g/mol. The number of benzene rings is 3. The maximum absolute atomic E-state index is 13.6. The number of imide groups is 1. The second-order valence-corrected chi connectivity index (χ2v) is 6.75. The van der Waals surface area contributed by atoms with Gasteiger partial charge in [0.1, 0.15) is 11.6 Å². The Labute approximate surface area is 164 Å². The standard InChI is InChI=1S/C22H16F2N2O3/c23-14-9-10-18(17(24)12-14)25-19(27)8-3-11-26-21(28)15-6-1-4-13-5-2-7-16(20(13)15)22(26)29/h1-2,4-7,9-10,12H,3,8,11H2,(H,25,27). The number of hydrogen-bond acceptors (Lipinski definition) is 3. The van der Waals surface area contributed by atoms with Crippen LogP contribution in [0.3, 0.4) is 0 Å². The van der Waals surface area contributed by atoms with E-state index in [-0.39, 0.29) is 25.1 Å². The molecule has 0 bridgehead atoms. The summed E-state index contributed by atoms with van der Waals surface area (Å²) in [5, 5.41) is 3.83. The summed E-state index contributed by atoms with van der Waals surface area (Å²) in [5.74, 6) is -2.90. The Kier molecular flexibility index (Phi) is 4.80. The lowest BCUT2D eigenvalue weighted by Gasteiger charge is -2.27. The summed E-state index contributed by atoms with van der Waals surface area (Å²) >= 11 is 0. The van der Waals surface area contributed by atoms with Gasteiger partial charge < -0.3 is 5.32 Å². The van der Waals surface area contributed by atoms with Gasteiger partial charge in [0.05, 0.1) is 5.69 Å². The number of rotatable bonds is 5. The molecule has 0 radical (unpaired) electrons. The average Bonchev–Trinajstić information content (AvgIpc) is 2.70. The highest BCUT2D eigenvalue weighted by Gasteiger charge is 2.32. The fraction of sp³-hybridized carbons (Fsp3) is 0.136. The maximum atomic E-state index is 13.6. The van der Waals surface area contributed by atoms with Gasteiger partial charge in [0, 0.05) is 35.5 Å². The molecule has 7 heteroatoms. The minimum Gasteiger partial charge on any atom is -0.324 e. The van der Waals surface area contributed by atoms with Crippen LogP contribution in [0.1, 0.15) is 33.6 Å². The van der Waals surface area contributed by atoms with E-state index in [4.69, 9.17) is 0 Å². The molecule has 0 atom stereocenters. The molecule has 1 heterocycles. The van der Waals surface area contributed by atoms with Crippen molar-refractivity contribution in [2.45, 2.75) is 12.8 Å². The van der Waals surface area contributed by atoms with E-state index in [1.54, 1.807) is 24.3 Å². The third kappa shape index (κ3) is 3.47. The summed E-state index contributed by atoms with van der Waals surface area (Å²) in [5.41, 5.74) is 0.785. The van der Waals surface area contributed by atoms with Gasteiger partial charge in [-0.15, -0.1) is 0 Å². The molecule has 146 valence electrons. The predicted octanol–water partition coefficient (Wildman–Crippen LogP) is 4.13. The maximum Gasteiger partial charge on any atom is 0.261 e. The molecule has 1 N–H and O–H groups in total. The van der Waals surface area contributed by atoms with Crippen LogP contribution in [0.25, 0.3) is 10.8 Å². The van der Waals surface area contributed by atoms with Gasteiger partial charge >= 0.3 is 0 Å². The number of carbonyl (C=O) groups excluding carboxylic acids is 3. The van der Waals surface area contributed by atoms with Crippen molar-refractivity contribution in [1.29, 1.82) is 0 Å². The predicted molar refractivity (Wildman–Crippen MR) is 104 cm³/mol. The first-order chi connectivity index (χ1) is 14.0. The third-order valence-electron chi connectivity index (χ3n) is 4.85. The molecule has 0 saturated heterocycles. The molecule has 1 aliphatic rings. The summed E-state index contributed by atoms with van der Waals surface area (Å²) in [6, 6.07) is 13.4. The second kappa shape index (κ2) is 7.43. The van der Waals surface area contributed by atoms with E-state index in [1.165, 1.54) is 0 Å². The van der Waals surface area contributed by atoms with Crippen LogP contribution in [-0.4, -0.2) is 29.2 Å². The Balaban J connectivity index is 1.43. The molecular formula is C22H16F2N2O3.